The van der Waals surface area contributed by atoms with Crippen LogP contribution in [0.1, 0.15) is 11.1 Å². The Labute approximate surface area is 106 Å². The van der Waals surface area contributed by atoms with E-state index in [1.807, 2.05) is 24.1 Å². The molecule has 3 aromatic rings. The van der Waals surface area contributed by atoms with E-state index >= 15 is 0 Å². The van der Waals surface area contributed by atoms with Crippen molar-refractivity contribution >= 4 is 10.9 Å². The molecule has 0 atom stereocenters. The van der Waals surface area contributed by atoms with Crippen LogP contribution in [0.4, 0.5) is 0 Å². The van der Waals surface area contributed by atoms with Gasteiger partial charge in [-0.15, -0.1) is 0 Å². The number of nitrogens with zero attached hydrogens (tertiary/aromatic N) is 3. The molecule has 2 heterocycles. The first-order chi connectivity index (χ1) is 8.78. The van der Waals surface area contributed by atoms with Crippen LogP contribution in [0.25, 0.3) is 10.9 Å². The van der Waals surface area contributed by atoms with E-state index < -0.39 is 0 Å². The minimum absolute atomic E-state index is 0.570. The molecule has 0 spiro atoms. The fourth-order valence-corrected chi connectivity index (χ4v) is 2.37. The molecule has 0 saturated carbocycles. The van der Waals surface area contributed by atoms with E-state index in [1.165, 1.54) is 22.0 Å². The molecule has 0 bridgehead atoms. The van der Waals surface area contributed by atoms with Gasteiger partial charge in [0.1, 0.15) is 0 Å². The SMILES string of the molecule is Cn1cc(Cn2cc(CN)c3ccccc32)cn1. The Balaban J connectivity index is 2.06. The third kappa shape index (κ3) is 1.80. The summed E-state index contributed by atoms with van der Waals surface area (Å²) < 4.78 is 4.05. The van der Waals surface area contributed by atoms with Gasteiger partial charge in [0.15, 0.2) is 0 Å². The monoisotopic (exact) mass is 240 g/mol. The predicted molar refractivity (Wildman–Crippen MR) is 72.1 cm³/mol. The zero-order chi connectivity index (χ0) is 12.5. The zero-order valence-corrected chi connectivity index (χ0v) is 10.4. The number of benzene rings is 1. The summed E-state index contributed by atoms with van der Waals surface area (Å²) in [5.74, 6) is 0. The number of aromatic nitrogens is 3. The van der Waals surface area contributed by atoms with Crippen LogP contribution < -0.4 is 5.73 Å². The van der Waals surface area contributed by atoms with Crippen LogP contribution in [-0.4, -0.2) is 14.3 Å². The van der Waals surface area contributed by atoms with Crippen molar-refractivity contribution < 1.29 is 0 Å². The van der Waals surface area contributed by atoms with Crippen molar-refractivity contribution in [2.75, 3.05) is 0 Å². The molecule has 0 aliphatic heterocycles. The topological polar surface area (TPSA) is 48.8 Å². The van der Waals surface area contributed by atoms with Crippen LogP contribution >= 0.6 is 0 Å². The van der Waals surface area contributed by atoms with Gasteiger partial charge in [-0.25, -0.2) is 0 Å². The molecule has 0 aliphatic carbocycles. The molecule has 3 rings (SSSR count). The summed E-state index contributed by atoms with van der Waals surface area (Å²) >= 11 is 0. The van der Waals surface area contributed by atoms with Gasteiger partial charge in [0, 0.05) is 42.5 Å². The van der Waals surface area contributed by atoms with Gasteiger partial charge < -0.3 is 10.3 Å². The van der Waals surface area contributed by atoms with E-state index in [-0.39, 0.29) is 0 Å². The van der Waals surface area contributed by atoms with E-state index in [1.54, 1.807) is 0 Å². The highest BCUT2D eigenvalue weighted by Crippen LogP contribution is 2.21. The van der Waals surface area contributed by atoms with Gasteiger partial charge in [-0.05, 0) is 11.6 Å². The minimum atomic E-state index is 0.570. The van der Waals surface area contributed by atoms with Crippen molar-refractivity contribution in [3.05, 3.63) is 54.0 Å². The molecule has 0 aliphatic rings. The Bertz CT molecular complexity index is 678. The summed E-state index contributed by atoms with van der Waals surface area (Å²) in [7, 11) is 1.93. The second kappa shape index (κ2) is 4.31. The third-order valence-electron chi connectivity index (χ3n) is 3.20. The number of aryl methyl sites for hydroxylation is 1. The average molecular weight is 240 g/mol. The maximum atomic E-state index is 5.80. The van der Waals surface area contributed by atoms with E-state index in [0.717, 1.165) is 6.54 Å². The molecule has 0 saturated heterocycles. The molecule has 0 amide bonds. The molecule has 4 nitrogen and oxygen atoms in total. The van der Waals surface area contributed by atoms with E-state index in [0.29, 0.717) is 6.54 Å². The maximum Gasteiger partial charge on any atom is 0.0539 e. The van der Waals surface area contributed by atoms with E-state index in [4.69, 9.17) is 5.73 Å². The largest absolute Gasteiger partial charge is 0.343 e. The van der Waals surface area contributed by atoms with Crippen molar-refractivity contribution in [1.29, 1.82) is 0 Å². The number of hydrogen-bond acceptors (Lipinski definition) is 2. The standard InChI is InChI=1S/C14H16N4/c1-17-8-11(7-16-17)9-18-10-12(6-15)13-4-2-3-5-14(13)18/h2-5,7-8,10H,6,9,15H2,1H3. The van der Waals surface area contributed by atoms with Crippen LogP contribution in [0.5, 0.6) is 0 Å². The lowest BCUT2D eigenvalue weighted by molar-refractivity contribution is 0.764. The van der Waals surface area contributed by atoms with Crippen molar-refractivity contribution in [1.82, 2.24) is 14.3 Å². The fraction of sp³-hybridized carbons (Fsp3) is 0.214. The van der Waals surface area contributed by atoms with Crippen LogP contribution in [0.3, 0.4) is 0 Å². The number of fused-ring (bicyclic) bond motifs is 1. The first-order valence-electron chi connectivity index (χ1n) is 6.02. The minimum Gasteiger partial charge on any atom is -0.343 e. The lowest BCUT2D eigenvalue weighted by Gasteiger charge is -2.02. The second-order valence-electron chi connectivity index (χ2n) is 4.53. The van der Waals surface area contributed by atoms with Gasteiger partial charge in [-0.1, -0.05) is 18.2 Å². The van der Waals surface area contributed by atoms with Crippen molar-refractivity contribution in [2.45, 2.75) is 13.1 Å². The number of nitrogens with two attached hydrogens (primary N) is 1. The fourth-order valence-electron chi connectivity index (χ4n) is 2.37. The first kappa shape index (κ1) is 11.0. The zero-order valence-electron chi connectivity index (χ0n) is 10.4. The van der Waals surface area contributed by atoms with Gasteiger partial charge >= 0.3 is 0 Å². The highest BCUT2D eigenvalue weighted by atomic mass is 15.2. The molecule has 2 N–H and O–H groups in total. The Morgan fingerprint density at radius 2 is 2.06 bits per heavy atom. The molecule has 92 valence electrons. The Morgan fingerprint density at radius 1 is 1.22 bits per heavy atom. The molecule has 0 fully saturated rings. The van der Waals surface area contributed by atoms with Crippen molar-refractivity contribution in [2.24, 2.45) is 12.8 Å². The Kier molecular flexibility index (Phi) is 2.64. The average Bonchev–Trinajstić information content (AvgIpc) is 2.95. The van der Waals surface area contributed by atoms with Gasteiger partial charge in [0.2, 0.25) is 0 Å². The highest BCUT2D eigenvalue weighted by molar-refractivity contribution is 5.84. The quantitative estimate of drug-likeness (QED) is 0.760. The van der Waals surface area contributed by atoms with Gasteiger partial charge in [0.05, 0.1) is 12.7 Å². The van der Waals surface area contributed by atoms with E-state index in [2.05, 4.69) is 40.1 Å². The van der Waals surface area contributed by atoms with Crippen LogP contribution in [0, 0.1) is 0 Å². The van der Waals surface area contributed by atoms with Gasteiger partial charge in [-0.2, -0.15) is 5.10 Å². The normalized spacial score (nSPS) is 11.2. The molecule has 18 heavy (non-hydrogen) atoms. The van der Waals surface area contributed by atoms with Crippen LogP contribution in [-0.2, 0) is 20.1 Å². The second-order valence-corrected chi connectivity index (χ2v) is 4.53. The van der Waals surface area contributed by atoms with Crippen molar-refractivity contribution in [3.63, 3.8) is 0 Å². The summed E-state index contributed by atoms with van der Waals surface area (Å²) in [5, 5.41) is 5.44. The highest BCUT2D eigenvalue weighted by Gasteiger charge is 2.07. The number of rotatable bonds is 3. The third-order valence-corrected chi connectivity index (χ3v) is 3.20. The first-order valence-corrected chi connectivity index (χ1v) is 6.02. The lowest BCUT2D eigenvalue weighted by Crippen LogP contribution is -1.98. The van der Waals surface area contributed by atoms with Gasteiger partial charge in [0.25, 0.3) is 0 Å². The Morgan fingerprint density at radius 3 is 2.78 bits per heavy atom. The van der Waals surface area contributed by atoms with Crippen LogP contribution in [0.2, 0.25) is 0 Å². The Hall–Kier alpha value is -2.07. The lowest BCUT2D eigenvalue weighted by atomic mass is 10.2. The summed E-state index contributed by atoms with van der Waals surface area (Å²) in [6.45, 7) is 1.40. The summed E-state index contributed by atoms with van der Waals surface area (Å²) in [6.07, 6.45) is 6.07. The predicted octanol–water partition coefficient (Wildman–Crippen LogP) is 1.88. The van der Waals surface area contributed by atoms with Crippen molar-refractivity contribution in [3.8, 4) is 0 Å². The van der Waals surface area contributed by atoms with Crippen LogP contribution in [0.15, 0.2) is 42.9 Å². The molecule has 1 aromatic carbocycles. The molecular formula is C14H16N4. The summed E-state index contributed by atoms with van der Waals surface area (Å²) in [6, 6.07) is 8.36. The smallest absolute Gasteiger partial charge is 0.0539 e. The molecule has 4 heteroatoms. The summed E-state index contributed by atoms with van der Waals surface area (Å²) in [5.41, 5.74) is 9.41. The maximum absolute atomic E-state index is 5.80. The number of hydrogen-bond donors (Lipinski definition) is 1. The molecule has 2 aromatic heterocycles. The molecule has 0 unspecified atom stereocenters. The molecule has 0 radical (unpaired) electrons. The summed E-state index contributed by atoms with van der Waals surface area (Å²) in [4.78, 5) is 0. The molecular weight excluding hydrogens is 224 g/mol. The number of para-hydroxylation sites is 1. The van der Waals surface area contributed by atoms with E-state index in [9.17, 15) is 0 Å². The van der Waals surface area contributed by atoms with Gasteiger partial charge in [-0.3, -0.25) is 4.68 Å².